The van der Waals surface area contributed by atoms with Gasteiger partial charge in [-0.2, -0.15) is 0 Å². The Labute approximate surface area is 321 Å². The van der Waals surface area contributed by atoms with Gasteiger partial charge in [0.05, 0.1) is 0 Å². The smallest absolute Gasteiger partial charge is 0.000709 e. The van der Waals surface area contributed by atoms with Gasteiger partial charge in [-0.1, -0.05) is 139 Å². The Bertz CT molecular complexity index is 3460. The summed E-state index contributed by atoms with van der Waals surface area (Å²) in [6.07, 6.45) is 4.33. The van der Waals surface area contributed by atoms with Crippen LogP contribution in [-0.4, -0.2) is 0 Å². The second kappa shape index (κ2) is 11.5. The van der Waals surface area contributed by atoms with Crippen molar-refractivity contribution in [2.24, 2.45) is 0 Å². The zero-order chi connectivity index (χ0) is 37.3. The van der Waals surface area contributed by atoms with E-state index in [-0.39, 0.29) is 0 Å². The van der Waals surface area contributed by atoms with Crippen LogP contribution in [0.1, 0.15) is 34.7 Å². The first-order chi connectivity index (χ1) is 26.8. The zero-order valence-electron chi connectivity index (χ0n) is 32.0. The monoisotopic (exact) mass is 700 g/mol. The van der Waals surface area contributed by atoms with E-state index in [9.17, 15) is 0 Å². The largest absolute Gasteiger partial charge is 0.0985 e. The lowest BCUT2D eigenvalue weighted by Gasteiger charge is -2.19. The van der Waals surface area contributed by atoms with Gasteiger partial charge >= 0.3 is 0 Å². The standard InChI is InChI=1S/C55H40/c1-7-34(8-2)50-53-41-16-12-15-40-43-27-36(42-24-31(4)17-19-33(42)6)20-22-39(43)45(51(40)41)29-48(53)49(35-13-10-9-11-14-35)54-46-26-32(5)25-44-38-21-18-30(3)23-37(38)28-47(52(44)46)55(50)54/h7-29H,1H2,2-6H3. The van der Waals surface area contributed by atoms with Gasteiger partial charge in [0.15, 0.2) is 0 Å². The van der Waals surface area contributed by atoms with Crippen LogP contribution in [0.4, 0.5) is 0 Å². The molecule has 0 atom stereocenters. The molecule has 0 heterocycles. The summed E-state index contributed by atoms with van der Waals surface area (Å²) in [6.45, 7) is 15.5. The van der Waals surface area contributed by atoms with Crippen LogP contribution in [0, 0.1) is 27.7 Å². The fourth-order valence-electron chi connectivity index (χ4n) is 10.2. The summed E-state index contributed by atoms with van der Waals surface area (Å²) in [5.74, 6) is 0. The maximum absolute atomic E-state index is 4.44. The van der Waals surface area contributed by atoms with Crippen LogP contribution in [0.25, 0.3) is 114 Å². The van der Waals surface area contributed by atoms with Crippen molar-refractivity contribution in [1.29, 1.82) is 0 Å². The van der Waals surface area contributed by atoms with Gasteiger partial charge in [-0.15, -0.1) is 0 Å². The molecule has 0 amide bonds. The highest BCUT2D eigenvalue weighted by atomic mass is 14.3. The van der Waals surface area contributed by atoms with Gasteiger partial charge in [0.2, 0.25) is 0 Å². The molecule has 55 heavy (non-hydrogen) atoms. The molecule has 0 unspecified atom stereocenters. The highest BCUT2D eigenvalue weighted by molar-refractivity contribution is 6.45. The van der Waals surface area contributed by atoms with Crippen molar-refractivity contribution < 1.29 is 0 Å². The molecule has 0 aliphatic rings. The maximum atomic E-state index is 4.44. The Morgan fingerprint density at radius 1 is 0.436 bits per heavy atom. The van der Waals surface area contributed by atoms with E-state index in [1.165, 1.54) is 136 Å². The normalized spacial score (nSPS) is 12.6. The predicted octanol–water partition coefficient (Wildman–Crippen LogP) is 15.9. The molecule has 0 aliphatic heterocycles. The summed E-state index contributed by atoms with van der Waals surface area (Å²) in [5.41, 5.74) is 12.7. The van der Waals surface area contributed by atoms with E-state index in [0.717, 1.165) is 5.57 Å². The first-order valence-electron chi connectivity index (χ1n) is 19.5. The molecule has 11 aromatic carbocycles. The number of hydrogen-bond donors (Lipinski definition) is 0. The van der Waals surface area contributed by atoms with Crippen LogP contribution in [0.5, 0.6) is 0 Å². The van der Waals surface area contributed by atoms with E-state index >= 15 is 0 Å². The van der Waals surface area contributed by atoms with Crippen LogP contribution >= 0.6 is 0 Å². The van der Waals surface area contributed by atoms with Crippen LogP contribution in [0.15, 0.2) is 146 Å². The summed E-state index contributed by atoms with van der Waals surface area (Å²) in [4.78, 5) is 0. The molecule has 11 rings (SSSR count). The van der Waals surface area contributed by atoms with E-state index in [1.807, 2.05) is 0 Å². The van der Waals surface area contributed by atoms with Gasteiger partial charge in [-0.3, -0.25) is 0 Å². The number of fused-ring (bicyclic) bond motifs is 10. The minimum Gasteiger partial charge on any atom is -0.0985 e. The summed E-state index contributed by atoms with van der Waals surface area (Å²) in [5, 5.41) is 21.1. The SMILES string of the molecule is C=CC(=CC)c1c2c(cc3c4ccc(-c5cc(C)ccc5C)cc4c4cccc2c43)c(-c2ccccc2)c2c3cc(C)cc4c5ccc(C)cc5cc(c12)c43. The highest BCUT2D eigenvalue weighted by Crippen LogP contribution is 2.54. The molecule has 11 aromatic rings. The first-order valence-corrected chi connectivity index (χ1v) is 19.5. The summed E-state index contributed by atoms with van der Waals surface area (Å²) in [7, 11) is 0. The van der Waals surface area contributed by atoms with Crippen LogP contribution in [0.3, 0.4) is 0 Å². The fraction of sp³-hybridized carbons (Fsp3) is 0.0909. The highest BCUT2D eigenvalue weighted by Gasteiger charge is 2.27. The summed E-state index contributed by atoms with van der Waals surface area (Å²) >= 11 is 0. The lowest BCUT2D eigenvalue weighted by atomic mass is 9.83. The van der Waals surface area contributed by atoms with Crippen molar-refractivity contribution >= 4 is 91.8 Å². The maximum Gasteiger partial charge on any atom is -0.000709 e. The molecule has 0 aliphatic carbocycles. The van der Waals surface area contributed by atoms with Crippen molar-refractivity contribution in [1.82, 2.24) is 0 Å². The molecule has 0 fully saturated rings. The quantitative estimate of drug-likeness (QED) is 0.127. The van der Waals surface area contributed by atoms with Gasteiger partial charge in [0.1, 0.15) is 0 Å². The molecule has 260 valence electrons. The summed E-state index contributed by atoms with van der Waals surface area (Å²) in [6, 6.07) is 48.8. The molecule has 0 saturated heterocycles. The molecule has 0 N–H and O–H groups in total. The molecule has 0 radical (unpaired) electrons. The van der Waals surface area contributed by atoms with E-state index in [1.54, 1.807) is 0 Å². The Kier molecular flexibility index (Phi) is 6.69. The third-order valence-electron chi connectivity index (χ3n) is 12.5. The minimum atomic E-state index is 1.16. The van der Waals surface area contributed by atoms with E-state index in [2.05, 4.69) is 181 Å². The zero-order valence-corrected chi connectivity index (χ0v) is 32.0. The average Bonchev–Trinajstić information content (AvgIpc) is 3.69. The predicted molar refractivity (Wildman–Crippen MR) is 243 cm³/mol. The number of aryl methyl sites for hydroxylation is 4. The second-order valence-corrected chi connectivity index (χ2v) is 15.9. The van der Waals surface area contributed by atoms with Gasteiger partial charge < -0.3 is 0 Å². The van der Waals surface area contributed by atoms with Crippen molar-refractivity contribution in [3.05, 3.63) is 174 Å². The lowest BCUT2D eigenvalue weighted by Crippen LogP contribution is -1.93. The van der Waals surface area contributed by atoms with Crippen LogP contribution < -0.4 is 0 Å². The topological polar surface area (TPSA) is 0 Å². The van der Waals surface area contributed by atoms with Gasteiger partial charge in [-0.05, 0) is 184 Å². The molecule has 0 bridgehead atoms. The van der Waals surface area contributed by atoms with Gasteiger partial charge in [0, 0.05) is 0 Å². The molecular weight excluding hydrogens is 661 g/mol. The van der Waals surface area contributed by atoms with Crippen LogP contribution in [0.2, 0.25) is 0 Å². The van der Waals surface area contributed by atoms with E-state index in [4.69, 9.17) is 0 Å². The summed E-state index contributed by atoms with van der Waals surface area (Å²) < 4.78 is 0. The number of hydrogen-bond acceptors (Lipinski definition) is 0. The first kappa shape index (κ1) is 32.0. The van der Waals surface area contributed by atoms with Crippen molar-refractivity contribution in [3.8, 4) is 22.3 Å². The van der Waals surface area contributed by atoms with E-state index < -0.39 is 0 Å². The number of rotatable bonds is 4. The third kappa shape index (κ3) is 4.34. The Morgan fingerprint density at radius 2 is 1.15 bits per heavy atom. The molecule has 0 nitrogen and oxygen atoms in total. The Hall–Kier alpha value is -6.50. The molecule has 0 saturated carbocycles. The van der Waals surface area contributed by atoms with Crippen molar-refractivity contribution in [2.45, 2.75) is 34.6 Å². The van der Waals surface area contributed by atoms with Gasteiger partial charge in [-0.25, -0.2) is 0 Å². The van der Waals surface area contributed by atoms with Crippen molar-refractivity contribution in [3.63, 3.8) is 0 Å². The third-order valence-corrected chi connectivity index (χ3v) is 12.5. The number of benzene rings is 9. The molecular formula is C55H40. The molecule has 0 spiro atoms. The Balaban J connectivity index is 1.43. The lowest BCUT2D eigenvalue weighted by molar-refractivity contribution is 1.39. The van der Waals surface area contributed by atoms with Crippen LogP contribution in [-0.2, 0) is 0 Å². The van der Waals surface area contributed by atoms with E-state index in [0.29, 0.717) is 0 Å². The Morgan fingerprint density at radius 3 is 1.96 bits per heavy atom. The van der Waals surface area contributed by atoms with Crippen molar-refractivity contribution in [2.75, 3.05) is 0 Å². The molecule has 0 heteroatoms. The average molecular weight is 701 g/mol. The number of allylic oxidation sites excluding steroid dienone is 3. The fourth-order valence-corrected chi connectivity index (χ4v) is 10.2. The second-order valence-electron chi connectivity index (χ2n) is 15.9. The minimum absolute atomic E-state index is 1.16. The molecule has 0 aromatic heterocycles. The van der Waals surface area contributed by atoms with Gasteiger partial charge in [0.25, 0.3) is 0 Å².